The third-order valence-electron chi connectivity index (χ3n) is 4.00. The predicted octanol–water partition coefficient (Wildman–Crippen LogP) is 1.63. The Kier molecular flexibility index (Phi) is 9.81. The highest BCUT2D eigenvalue weighted by molar-refractivity contribution is 5.85. The van der Waals surface area contributed by atoms with Crippen LogP contribution in [-0.2, 0) is 4.79 Å². The zero-order valence-electron chi connectivity index (χ0n) is 12.6. The average molecular weight is 326 g/mol. The fourth-order valence-electron chi connectivity index (χ4n) is 2.70. The van der Waals surface area contributed by atoms with Gasteiger partial charge in [-0.2, -0.15) is 0 Å². The maximum absolute atomic E-state index is 12.0. The predicted molar refractivity (Wildman–Crippen MR) is 87.9 cm³/mol. The molecule has 0 spiro atoms. The molecule has 1 heterocycles. The van der Waals surface area contributed by atoms with E-state index >= 15 is 0 Å². The van der Waals surface area contributed by atoms with Crippen molar-refractivity contribution in [2.45, 2.75) is 25.7 Å². The molecular formula is C14H29Cl2N3O. The van der Waals surface area contributed by atoms with E-state index in [2.05, 4.69) is 24.3 Å². The lowest BCUT2D eigenvalue weighted by molar-refractivity contribution is -0.131. The van der Waals surface area contributed by atoms with Gasteiger partial charge < -0.3 is 15.1 Å². The highest BCUT2D eigenvalue weighted by atomic mass is 35.5. The van der Waals surface area contributed by atoms with Crippen molar-refractivity contribution < 1.29 is 4.79 Å². The van der Waals surface area contributed by atoms with Crippen LogP contribution in [0, 0.1) is 11.8 Å². The van der Waals surface area contributed by atoms with Gasteiger partial charge >= 0.3 is 0 Å². The summed E-state index contributed by atoms with van der Waals surface area (Å²) in [4.78, 5) is 16.3. The second kappa shape index (κ2) is 9.82. The fourth-order valence-corrected chi connectivity index (χ4v) is 2.70. The molecule has 0 bridgehead atoms. The van der Waals surface area contributed by atoms with Gasteiger partial charge in [-0.05, 0) is 58.2 Å². The highest BCUT2D eigenvalue weighted by Crippen LogP contribution is 2.27. The van der Waals surface area contributed by atoms with Crippen molar-refractivity contribution in [1.29, 1.82) is 0 Å². The maximum atomic E-state index is 12.0. The van der Waals surface area contributed by atoms with Crippen molar-refractivity contribution in [2.24, 2.45) is 11.8 Å². The van der Waals surface area contributed by atoms with Gasteiger partial charge in [0.2, 0.25) is 5.91 Å². The van der Waals surface area contributed by atoms with E-state index in [9.17, 15) is 4.79 Å². The Labute approximate surface area is 135 Å². The number of amides is 1. The molecular weight excluding hydrogens is 297 g/mol. The molecule has 0 atom stereocenters. The van der Waals surface area contributed by atoms with Crippen molar-refractivity contribution >= 4 is 30.7 Å². The molecule has 0 unspecified atom stereocenters. The van der Waals surface area contributed by atoms with E-state index in [1.54, 1.807) is 0 Å². The molecule has 2 aliphatic rings. The summed E-state index contributed by atoms with van der Waals surface area (Å²) in [7, 11) is 4.25. The van der Waals surface area contributed by atoms with Gasteiger partial charge in [0.15, 0.2) is 0 Å². The van der Waals surface area contributed by atoms with Crippen LogP contribution in [0.25, 0.3) is 0 Å². The Morgan fingerprint density at radius 3 is 2.20 bits per heavy atom. The van der Waals surface area contributed by atoms with E-state index in [1.807, 2.05) is 4.90 Å². The lowest BCUT2D eigenvalue weighted by Crippen LogP contribution is -2.44. The van der Waals surface area contributed by atoms with Gasteiger partial charge in [-0.1, -0.05) is 0 Å². The maximum Gasteiger partial charge on any atom is 0.236 e. The van der Waals surface area contributed by atoms with Crippen molar-refractivity contribution in [3.8, 4) is 0 Å². The van der Waals surface area contributed by atoms with Crippen molar-refractivity contribution in [1.82, 2.24) is 15.1 Å². The normalized spacial score (nSPS) is 19.4. The summed E-state index contributed by atoms with van der Waals surface area (Å²) < 4.78 is 0. The minimum Gasteiger partial charge on any atom is -0.342 e. The Bertz CT molecular complexity index is 278. The standard InChI is InChI=1S/C14H27N3O.2ClH/c1-16(2)11-13-5-7-17(8-6-13)14(18)10-15-9-12-3-4-12;;/h12-13,15H,3-11H2,1-2H3;2*1H. The monoisotopic (exact) mass is 325 g/mol. The van der Waals surface area contributed by atoms with Gasteiger partial charge in [0, 0.05) is 19.6 Å². The van der Waals surface area contributed by atoms with Gasteiger partial charge in [-0.3, -0.25) is 4.79 Å². The molecule has 1 N–H and O–H groups in total. The van der Waals surface area contributed by atoms with E-state index in [0.29, 0.717) is 12.5 Å². The van der Waals surface area contributed by atoms with E-state index in [4.69, 9.17) is 0 Å². The third kappa shape index (κ3) is 7.11. The first kappa shape index (κ1) is 20.0. The SMILES string of the molecule is CN(C)CC1CCN(C(=O)CNCC2CC2)CC1.Cl.Cl. The molecule has 0 radical (unpaired) electrons. The fraction of sp³-hybridized carbons (Fsp3) is 0.929. The van der Waals surface area contributed by atoms with Crippen LogP contribution in [-0.4, -0.2) is 62.5 Å². The highest BCUT2D eigenvalue weighted by Gasteiger charge is 2.24. The Morgan fingerprint density at radius 2 is 1.70 bits per heavy atom. The smallest absolute Gasteiger partial charge is 0.236 e. The molecule has 120 valence electrons. The number of nitrogens with zero attached hydrogens (tertiary/aromatic N) is 2. The van der Waals surface area contributed by atoms with Crippen molar-refractivity contribution in [3.05, 3.63) is 0 Å². The summed E-state index contributed by atoms with van der Waals surface area (Å²) in [5.74, 6) is 1.91. The molecule has 1 saturated heterocycles. The van der Waals surface area contributed by atoms with Crippen LogP contribution >= 0.6 is 24.8 Å². The molecule has 1 aliphatic heterocycles. The third-order valence-corrected chi connectivity index (χ3v) is 4.00. The molecule has 0 aromatic rings. The van der Waals surface area contributed by atoms with Crippen molar-refractivity contribution in [3.63, 3.8) is 0 Å². The van der Waals surface area contributed by atoms with Crippen LogP contribution in [0.3, 0.4) is 0 Å². The quantitative estimate of drug-likeness (QED) is 0.806. The molecule has 0 aromatic heterocycles. The zero-order valence-corrected chi connectivity index (χ0v) is 14.3. The van der Waals surface area contributed by atoms with Crippen LogP contribution in [0.15, 0.2) is 0 Å². The Morgan fingerprint density at radius 1 is 1.10 bits per heavy atom. The number of likely N-dealkylation sites (tertiary alicyclic amines) is 1. The topological polar surface area (TPSA) is 35.6 Å². The zero-order chi connectivity index (χ0) is 13.0. The van der Waals surface area contributed by atoms with Gasteiger partial charge in [0.1, 0.15) is 0 Å². The molecule has 6 heteroatoms. The molecule has 2 rings (SSSR count). The first-order chi connectivity index (χ1) is 8.65. The number of carbonyl (C=O) groups excluding carboxylic acids is 1. The van der Waals surface area contributed by atoms with Crippen LogP contribution < -0.4 is 5.32 Å². The van der Waals surface area contributed by atoms with Crippen LogP contribution in [0.4, 0.5) is 0 Å². The lowest BCUT2D eigenvalue weighted by atomic mass is 9.96. The molecule has 20 heavy (non-hydrogen) atoms. The van der Waals surface area contributed by atoms with Crippen LogP contribution in [0.1, 0.15) is 25.7 Å². The largest absolute Gasteiger partial charge is 0.342 e. The number of hydrogen-bond acceptors (Lipinski definition) is 3. The summed E-state index contributed by atoms with van der Waals surface area (Å²) in [6.45, 7) is 4.62. The Hall–Kier alpha value is -0.0300. The number of piperidine rings is 1. The van der Waals surface area contributed by atoms with Crippen molar-refractivity contribution in [2.75, 3.05) is 46.8 Å². The number of nitrogens with one attached hydrogen (secondary N) is 1. The van der Waals surface area contributed by atoms with Gasteiger partial charge in [0.25, 0.3) is 0 Å². The first-order valence-corrected chi connectivity index (χ1v) is 7.28. The molecule has 4 nitrogen and oxygen atoms in total. The second-order valence-electron chi connectivity index (χ2n) is 6.16. The minimum absolute atomic E-state index is 0. The summed E-state index contributed by atoms with van der Waals surface area (Å²) in [5.41, 5.74) is 0. The van der Waals surface area contributed by atoms with Gasteiger partial charge in [0.05, 0.1) is 6.54 Å². The molecule has 1 saturated carbocycles. The van der Waals surface area contributed by atoms with E-state index < -0.39 is 0 Å². The number of halogens is 2. The van der Waals surface area contributed by atoms with Crippen LogP contribution in [0.2, 0.25) is 0 Å². The average Bonchev–Trinajstić information content (AvgIpc) is 3.13. The number of hydrogen-bond donors (Lipinski definition) is 1. The van der Waals surface area contributed by atoms with E-state index in [0.717, 1.165) is 50.9 Å². The number of carbonyl (C=O) groups is 1. The first-order valence-electron chi connectivity index (χ1n) is 7.28. The van der Waals surface area contributed by atoms with Crippen LogP contribution in [0.5, 0.6) is 0 Å². The number of rotatable bonds is 6. The molecule has 0 aromatic carbocycles. The summed E-state index contributed by atoms with van der Waals surface area (Å²) in [5, 5.41) is 3.29. The summed E-state index contributed by atoms with van der Waals surface area (Å²) >= 11 is 0. The van der Waals surface area contributed by atoms with E-state index in [-0.39, 0.29) is 24.8 Å². The summed E-state index contributed by atoms with van der Waals surface area (Å²) in [6.07, 6.45) is 5.01. The van der Waals surface area contributed by atoms with E-state index in [1.165, 1.54) is 12.8 Å². The summed E-state index contributed by atoms with van der Waals surface area (Å²) in [6, 6.07) is 0. The van der Waals surface area contributed by atoms with Gasteiger partial charge in [-0.15, -0.1) is 24.8 Å². The second-order valence-corrected chi connectivity index (χ2v) is 6.16. The minimum atomic E-state index is 0. The van der Waals surface area contributed by atoms with Gasteiger partial charge in [-0.25, -0.2) is 0 Å². The Balaban J connectivity index is 0.00000180. The molecule has 2 fully saturated rings. The molecule has 1 aliphatic carbocycles. The lowest BCUT2D eigenvalue weighted by Gasteiger charge is -2.33. The molecule has 1 amide bonds.